The maximum absolute atomic E-state index is 12.5. The number of aryl methyl sites for hydroxylation is 1. The van der Waals surface area contributed by atoms with Crippen LogP contribution in [0.2, 0.25) is 0 Å². The molecule has 0 aliphatic heterocycles. The molecule has 0 saturated carbocycles. The van der Waals surface area contributed by atoms with Crippen molar-refractivity contribution in [3.63, 3.8) is 0 Å². The lowest BCUT2D eigenvalue weighted by atomic mass is 10.1. The molecule has 6 nitrogen and oxygen atoms in total. The Labute approximate surface area is 147 Å². The summed E-state index contributed by atoms with van der Waals surface area (Å²) in [6, 6.07) is 14.4. The Hall–Kier alpha value is -2.70. The summed E-state index contributed by atoms with van der Waals surface area (Å²) in [7, 11) is 1.56. The molecule has 25 heavy (non-hydrogen) atoms. The summed E-state index contributed by atoms with van der Waals surface area (Å²) in [5.41, 5.74) is 2.57. The van der Waals surface area contributed by atoms with Crippen molar-refractivity contribution in [3.8, 4) is 0 Å². The van der Waals surface area contributed by atoms with E-state index in [9.17, 15) is 9.59 Å². The van der Waals surface area contributed by atoms with Gasteiger partial charge < -0.3 is 20.1 Å². The first kappa shape index (κ1) is 18.6. The van der Waals surface area contributed by atoms with E-state index >= 15 is 0 Å². The molecule has 2 N–H and O–H groups in total. The van der Waals surface area contributed by atoms with E-state index in [1.807, 2.05) is 31.2 Å². The second-order valence-corrected chi connectivity index (χ2v) is 5.46. The lowest BCUT2D eigenvalue weighted by molar-refractivity contribution is -0.121. The first-order chi connectivity index (χ1) is 12.1. The predicted octanol–water partition coefficient (Wildman–Crippen LogP) is 2.85. The highest BCUT2D eigenvalue weighted by molar-refractivity contribution is 6.10. The highest BCUT2D eigenvalue weighted by Crippen LogP contribution is 2.18. The van der Waals surface area contributed by atoms with Crippen molar-refractivity contribution in [1.29, 1.82) is 0 Å². The van der Waals surface area contributed by atoms with Gasteiger partial charge in [0.25, 0.3) is 5.91 Å². The molecular weight excluding hydrogens is 320 g/mol. The second kappa shape index (κ2) is 9.56. The molecule has 0 radical (unpaired) electrons. The quantitative estimate of drug-likeness (QED) is 0.723. The van der Waals surface area contributed by atoms with Gasteiger partial charge in [-0.3, -0.25) is 9.59 Å². The van der Waals surface area contributed by atoms with Crippen LogP contribution in [0.25, 0.3) is 0 Å². The third-order valence-corrected chi connectivity index (χ3v) is 3.39. The number of anilines is 2. The van der Waals surface area contributed by atoms with Crippen molar-refractivity contribution >= 4 is 23.2 Å². The van der Waals surface area contributed by atoms with E-state index in [1.54, 1.807) is 31.4 Å². The van der Waals surface area contributed by atoms with E-state index in [2.05, 4.69) is 10.6 Å². The van der Waals surface area contributed by atoms with Crippen molar-refractivity contribution in [2.45, 2.75) is 6.92 Å². The number of para-hydroxylation sites is 1. The van der Waals surface area contributed by atoms with E-state index < -0.39 is 0 Å². The molecule has 0 aliphatic rings. The molecule has 0 unspecified atom stereocenters. The monoisotopic (exact) mass is 342 g/mol. The average Bonchev–Trinajstić information content (AvgIpc) is 2.59. The molecule has 2 aromatic rings. The normalized spacial score (nSPS) is 10.3. The van der Waals surface area contributed by atoms with E-state index in [0.717, 1.165) is 5.56 Å². The number of hydrogen-bond donors (Lipinski definition) is 2. The Balaban J connectivity index is 2.01. The second-order valence-electron chi connectivity index (χ2n) is 5.46. The van der Waals surface area contributed by atoms with Gasteiger partial charge >= 0.3 is 0 Å². The average molecular weight is 342 g/mol. The summed E-state index contributed by atoms with van der Waals surface area (Å²) >= 11 is 0. The van der Waals surface area contributed by atoms with Crippen LogP contribution in [0.3, 0.4) is 0 Å². The van der Waals surface area contributed by atoms with E-state index in [1.165, 1.54) is 0 Å². The maximum atomic E-state index is 12.5. The van der Waals surface area contributed by atoms with Gasteiger partial charge in [0, 0.05) is 12.8 Å². The van der Waals surface area contributed by atoms with Crippen molar-refractivity contribution in [1.82, 2.24) is 0 Å². The van der Waals surface area contributed by atoms with E-state index in [4.69, 9.17) is 9.47 Å². The van der Waals surface area contributed by atoms with Crippen LogP contribution in [-0.4, -0.2) is 38.7 Å². The number of amides is 2. The lowest BCUT2D eigenvalue weighted by Crippen LogP contribution is -2.22. The molecule has 0 aliphatic carbocycles. The Morgan fingerprint density at radius 2 is 1.80 bits per heavy atom. The van der Waals surface area contributed by atoms with Gasteiger partial charge in [-0.1, -0.05) is 24.3 Å². The van der Waals surface area contributed by atoms with Gasteiger partial charge in [-0.2, -0.15) is 0 Å². The number of methoxy groups -OCH3 is 1. The Bertz CT molecular complexity index is 731. The number of hydrogen-bond acceptors (Lipinski definition) is 4. The van der Waals surface area contributed by atoms with E-state index in [0.29, 0.717) is 30.2 Å². The highest BCUT2D eigenvalue weighted by Gasteiger charge is 2.13. The molecule has 0 aromatic heterocycles. The molecule has 2 aromatic carbocycles. The van der Waals surface area contributed by atoms with Gasteiger partial charge in [-0.15, -0.1) is 0 Å². The minimum atomic E-state index is -0.327. The molecular formula is C19H22N2O4. The maximum Gasteiger partial charge on any atom is 0.257 e. The zero-order chi connectivity index (χ0) is 18.1. The van der Waals surface area contributed by atoms with Crippen molar-refractivity contribution in [2.24, 2.45) is 0 Å². The third-order valence-electron chi connectivity index (χ3n) is 3.39. The fourth-order valence-corrected chi connectivity index (χ4v) is 2.20. The summed E-state index contributed by atoms with van der Waals surface area (Å²) in [6.07, 6.45) is 0. The lowest BCUT2D eigenvalue weighted by Gasteiger charge is -2.12. The number of benzene rings is 2. The van der Waals surface area contributed by atoms with Crippen molar-refractivity contribution in [2.75, 3.05) is 37.6 Å². The molecule has 0 bridgehead atoms. The van der Waals surface area contributed by atoms with Gasteiger partial charge in [0.1, 0.15) is 6.61 Å². The first-order valence-electron chi connectivity index (χ1n) is 7.93. The van der Waals surface area contributed by atoms with Crippen LogP contribution < -0.4 is 10.6 Å². The van der Waals surface area contributed by atoms with Gasteiger partial charge in [0.05, 0.1) is 24.5 Å². The number of nitrogens with one attached hydrogen (secondary N) is 2. The van der Waals surface area contributed by atoms with Crippen molar-refractivity contribution in [3.05, 3.63) is 59.7 Å². The Morgan fingerprint density at radius 1 is 1.00 bits per heavy atom. The number of carbonyl (C=O) groups is 2. The van der Waals surface area contributed by atoms with Gasteiger partial charge in [-0.05, 0) is 36.8 Å². The molecule has 132 valence electrons. The van der Waals surface area contributed by atoms with Gasteiger partial charge in [0.2, 0.25) is 5.91 Å². The number of carbonyl (C=O) groups excluding carboxylic acids is 2. The standard InChI is InChI=1S/C19H22N2O4/c1-14-6-5-7-15(12-14)20-19(23)16-8-3-4-9-17(16)21-18(22)13-25-11-10-24-2/h3-9,12H,10-11,13H2,1-2H3,(H,20,23)(H,21,22). The fourth-order valence-electron chi connectivity index (χ4n) is 2.20. The van der Waals surface area contributed by atoms with Crippen LogP contribution in [-0.2, 0) is 14.3 Å². The van der Waals surface area contributed by atoms with Crippen LogP contribution in [0.1, 0.15) is 15.9 Å². The molecule has 0 saturated heterocycles. The number of rotatable bonds is 8. The summed E-state index contributed by atoms with van der Waals surface area (Å²) in [5, 5.41) is 5.53. The molecule has 0 atom stereocenters. The summed E-state index contributed by atoms with van der Waals surface area (Å²) in [4.78, 5) is 24.5. The van der Waals surface area contributed by atoms with Crippen LogP contribution in [0.4, 0.5) is 11.4 Å². The zero-order valence-corrected chi connectivity index (χ0v) is 14.4. The van der Waals surface area contributed by atoms with E-state index in [-0.39, 0.29) is 18.4 Å². The smallest absolute Gasteiger partial charge is 0.257 e. The largest absolute Gasteiger partial charge is 0.382 e. The first-order valence-corrected chi connectivity index (χ1v) is 7.93. The Kier molecular flexibility index (Phi) is 7.13. The van der Waals surface area contributed by atoms with Crippen LogP contribution >= 0.6 is 0 Å². The summed E-state index contributed by atoms with van der Waals surface area (Å²) in [5.74, 6) is -0.617. The zero-order valence-electron chi connectivity index (χ0n) is 14.4. The molecule has 0 fully saturated rings. The SMILES string of the molecule is COCCOCC(=O)Nc1ccccc1C(=O)Nc1cccc(C)c1. The third kappa shape index (κ3) is 6.02. The summed E-state index contributed by atoms with van der Waals surface area (Å²) in [6.45, 7) is 2.60. The highest BCUT2D eigenvalue weighted by atomic mass is 16.5. The topological polar surface area (TPSA) is 76.7 Å². The van der Waals surface area contributed by atoms with Crippen LogP contribution in [0.5, 0.6) is 0 Å². The number of ether oxygens (including phenoxy) is 2. The molecule has 2 amide bonds. The fraction of sp³-hybridized carbons (Fsp3) is 0.263. The summed E-state index contributed by atoms with van der Waals surface area (Å²) < 4.78 is 10.0. The van der Waals surface area contributed by atoms with Crippen LogP contribution in [0, 0.1) is 6.92 Å². The Morgan fingerprint density at radius 3 is 2.56 bits per heavy atom. The minimum absolute atomic E-state index is 0.100. The van der Waals surface area contributed by atoms with Crippen molar-refractivity contribution < 1.29 is 19.1 Å². The minimum Gasteiger partial charge on any atom is -0.382 e. The predicted molar refractivity (Wildman–Crippen MR) is 96.9 cm³/mol. The molecule has 2 rings (SSSR count). The molecule has 0 spiro atoms. The van der Waals surface area contributed by atoms with Gasteiger partial charge in [0.15, 0.2) is 0 Å². The van der Waals surface area contributed by atoms with Crippen LogP contribution in [0.15, 0.2) is 48.5 Å². The molecule has 6 heteroatoms. The van der Waals surface area contributed by atoms with Gasteiger partial charge in [-0.25, -0.2) is 0 Å². The molecule has 0 heterocycles.